The number of rotatable bonds is 11. The van der Waals surface area contributed by atoms with Crippen molar-refractivity contribution in [2.75, 3.05) is 41.6 Å². The van der Waals surface area contributed by atoms with E-state index in [0.717, 1.165) is 47.9 Å². The van der Waals surface area contributed by atoms with Crippen molar-refractivity contribution in [3.05, 3.63) is 47.0 Å². The van der Waals surface area contributed by atoms with Crippen molar-refractivity contribution in [3.63, 3.8) is 0 Å². The van der Waals surface area contributed by atoms with Gasteiger partial charge < -0.3 is 28.6 Å². The molecule has 7 heteroatoms. The van der Waals surface area contributed by atoms with Gasteiger partial charge in [0.2, 0.25) is 0 Å². The van der Waals surface area contributed by atoms with Gasteiger partial charge in [0, 0.05) is 6.54 Å². The van der Waals surface area contributed by atoms with Crippen LogP contribution in [0.4, 0.5) is 0 Å². The maximum atomic E-state index is 6.09. The van der Waals surface area contributed by atoms with Crippen molar-refractivity contribution in [1.82, 2.24) is 4.90 Å². The molecule has 0 radical (unpaired) electrons. The summed E-state index contributed by atoms with van der Waals surface area (Å²) >= 11 is 0. The van der Waals surface area contributed by atoms with Crippen LogP contribution in [0.3, 0.4) is 0 Å². The molecule has 1 heterocycles. The molecule has 0 spiro atoms. The predicted octanol–water partition coefficient (Wildman–Crippen LogP) is 5.73. The highest BCUT2D eigenvalue weighted by molar-refractivity contribution is 5.60. The fourth-order valence-electron chi connectivity index (χ4n) is 4.56. The lowest BCUT2D eigenvalue weighted by Gasteiger charge is -2.37. The van der Waals surface area contributed by atoms with E-state index in [9.17, 15) is 0 Å². The number of fused-ring (bicyclic) bond motifs is 1. The Morgan fingerprint density at radius 1 is 0.919 bits per heavy atom. The minimum Gasteiger partial charge on any atom is -0.493 e. The summed E-state index contributed by atoms with van der Waals surface area (Å²) in [6.45, 7) is 12.1. The lowest BCUT2D eigenvalue weighted by Crippen LogP contribution is -2.37. The number of ether oxygens (including phenoxy) is 5. The molecule has 1 aliphatic rings. The summed E-state index contributed by atoms with van der Waals surface area (Å²) in [6.07, 6.45) is 3.70. The first kappa shape index (κ1) is 28.6. The second-order valence-electron chi connectivity index (χ2n) is 10.8. The van der Waals surface area contributed by atoms with Crippen molar-refractivity contribution >= 4 is 6.34 Å². The highest BCUT2D eigenvalue weighted by Gasteiger charge is 2.29. The van der Waals surface area contributed by atoms with Crippen LogP contribution >= 0.6 is 0 Å². The van der Waals surface area contributed by atoms with E-state index in [1.165, 1.54) is 11.1 Å². The van der Waals surface area contributed by atoms with Gasteiger partial charge in [-0.2, -0.15) is 0 Å². The first-order valence-corrected chi connectivity index (χ1v) is 13.0. The molecule has 2 atom stereocenters. The number of methoxy groups -OCH3 is 4. The molecule has 0 fully saturated rings. The molecule has 0 bridgehead atoms. The van der Waals surface area contributed by atoms with Gasteiger partial charge in [0.25, 0.3) is 0 Å². The van der Waals surface area contributed by atoms with Crippen molar-refractivity contribution in [2.45, 2.75) is 65.1 Å². The zero-order valence-corrected chi connectivity index (χ0v) is 24.0. The van der Waals surface area contributed by atoms with Gasteiger partial charge in [-0.25, -0.2) is 0 Å². The molecule has 0 aliphatic carbocycles. The van der Waals surface area contributed by atoms with Crippen LogP contribution in [0.25, 0.3) is 0 Å². The fourth-order valence-corrected chi connectivity index (χ4v) is 4.56. The van der Waals surface area contributed by atoms with Gasteiger partial charge in [0.15, 0.2) is 23.0 Å². The third-order valence-electron chi connectivity index (χ3n) is 6.78. The van der Waals surface area contributed by atoms with E-state index in [2.05, 4.69) is 63.8 Å². The molecular weight excluding hydrogens is 468 g/mol. The Balaban J connectivity index is 1.98. The van der Waals surface area contributed by atoms with E-state index in [-0.39, 0.29) is 17.7 Å². The minimum absolute atomic E-state index is 0.0711. The Bertz CT molecular complexity index is 1060. The quantitative estimate of drug-likeness (QED) is 0.283. The standard InChI is InChI=1S/C30H44N2O5/c1-20(2)24(18-37-30(3,4)5)31-19-32-13-12-22-16-28(35-8)29(36-9)17-23(22)25(32)14-21-10-11-26(33-6)27(15-21)34-7/h10-11,15-17,19-20,24-25H,12-14,18H2,1-9H3/t24-,25-/m1/s1. The highest BCUT2D eigenvalue weighted by atomic mass is 16.5. The average Bonchev–Trinajstić information content (AvgIpc) is 2.87. The van der Waals surface area contributed by atoms with E-state index in [1.54, 1.807) is 28.4 Å². The first-order valence-electron chi connectivity index (χ1n) is 13.0. The molecule has 0 unspecified atom stereocenters. The van der Waals surface area contributed by atoms with Gasteiger partial charge in [-0.05, 0) is 80.5 Å². The molecule has 37 heavy (non-hydrogen) atoms. The van der Waals surface area contributed by atoms with E-state index in [4.69, 9.17) is 28.7 Å². The second kappa shape index (κ2) is 12.5. The molecule has 0 N–H and O–H groups in total. The summed E-state index contributed by atoms with van der Waals surface area (Å²) in [5.74, 6) is 3.30. The van der Waals surface area contributed by atoms with E-state index < -0.39 is 0 Å². The maximum absolute atomic E-state index is 6.09. The lowest BCUT2D eigenvalue weighted by atomic mass is 9.88. The largest absolute Gasteiger partial charge is 0.493 e. The summed E-state index contributed by atoms with van der Waals surface area (Å²) in [6, 6.07) is 10.5. The lowest BCUT2D eigenvalue weighted by molar-refractivity contribution is -0.0145. The molecule has 2 aromatic rings. The number of benzene rings is 2. The number of hydrogen-bond donors (Lipinski definition) is 0. The zero-order chi connectivity index (χ0) is 27.2. The molecule has 0 saturated heterocycles. The molecule has 7 nitrogen and oxygen atoms in total. The van der Waals surface area contributed by atoms with Crippen molar-refractivity contribution in [3.8, 4) is 23.0 Å². The molecule has 204 valence electrons. The van der Waals surface area contributed by atoms with Crippen LogP contribution in [0.15, 0.2) is 35.3 Å². The average molecular weight is 513 g/mol. The van der Waals surface area contributed by atoms with Gasteiger partial charge in [-0.3, -0.25) is 4.99 Å². The second-order valence-corrected chi connectivity index (χ2v) is 10.8. The zero-order valence-electron chi connectivity index (χ0n) is 24.0. The monoisotopic (exact) mass is 512 g/mol. The third-order valence-corrected chi connectivity index (χ3v) is 6.78. The van der Waals surface area contributed by atoms with Crippen molar-refractivity contribution in [1.29, 1.82) is 0 Å². The topological polar surface area (TPSA) is 61.8 Å². The van der Waals surface area contributed by atoms with E-state index in [0.29, 0.717) is 12.5 Å². The summed E-state index contributed by atoms with van der Waals surface area (Å²) < 4.78 is 28.4. The van der Waals surface area contributed by atoms with Crippen LogP contribution in [-0.4, -0.2) is 64.5 Å². The molecule has 0 aromatic heterocycles. The molecular formula is C30H44N2O5. The maximum Gasteiger partial charge on any atom is 0.161 e. The molecule has 1 aliphatic heterocycles. The van der Waals surface area contributed by atoms with Gasteiger partial charge in [-0.1, -0.05) is 19.9 Å². The number of aliphatic imine (C=N–C) groups is 1. The third kappa shape index (κ3) is 7.31. The highest BCUT2D eigenvalue weighted by Crippen LogP contribution is 2.40. The van der Waals surface area contributed by atoms with Crippen LogP contribution < -0.4 is 18.9 Å². The Morgan fingerprint density at radius 3 is 2.14 bits per heavy atom. The molecule has 0 amide bonds. The Hall–Kier alpha value is -2.93. The molecule has 2 aromatic carbocycles. The van der Waals surface area contributed by atoms with Gasteiger partial charge in [-0.15, -0.1) is 0 Å². The van der Waals surface area contributed by atoms with Crippen LogP contribution in [0.2, 0.25) is 0 Å². The van der Waals surface area contributed by atoms with Gasteiger partial charge >= 0.3 is 0 Å². The normalized spacial score (nSPS) is 16.6. The van der Waals surface area contributed by atoms with Crippen LogP contribution in [-0.2, 0) is 17.6 Å². The Labute approximate surface area is 222 Å². The summed E-state index contributed by atoms with van der Waals surface area (Å²) in [7, 11) is 6.68. The molecule has 0 saturated carbocycles. The predicted molar refractivity (Wildman–Crippen MR) is 149 cm³/mol. The Morgan fingerprint density at radius 2 is 1.54 bits per heavy atom. The van der Waals surface area contributed by atoms with Crippen LogP contribution in [0, 0.1) is 5.92 Å². The summed E-state index contributed by atoms with van der Waals surface area (Å²) in [5, 5.41) is 0. The van der Waals surface area contributed by atoms with Crippen LogP contribution in [0.1, 0.15) is 57.4 Å². The number of hydrogen-bond acceptors (Lipinski definition) is 6. The summed E-state index contributed by atoms with van der Waals surface area (Å²) in [4.78, 5) is 7.37. The first-order chi connectivity index (χ1) is 17.6. The van der Waals surface area contributed by atoms with Crippen LogP contribution in [0.5, 0.6) is 23.0 Å². The van der Waals surface area contributed by atoms with Gasteiger partial charge in [0.1, 0.15) is 0 Å². The smallest absolute Gasteiger partial charge is 0.161 e. The van der Waals surface area contributed by atoms with E-state index >= 15 is 0 Å². The SMILES string of the molecule is COc1ccc(C[C@@H]2c3cc(OC)c(OC)cc3CCN2C=N[C@H](COC(C)(C)C)C(C)C)cc1OC. The fraction of sp³-hybridized carbons (Fsp3) is 0.567. The minimum atomic E-state index is -0.196. The van der Waals surface area contributed by atoms with E-state index in [1.807, 2.05) is 12.4 Å². The summed E-state index contributed by atoms with van der Waals surface area (Å²) in [5.41, 5.74) is 3.44. The Kier molecular flexibility index (Phi) is 9.71. The van der Waals surface area contributed by atoms with Crippen molar-refractivity contribution < 1.29 is 23.7 Å². The van der Waals surface area contributed by atoms with Crippen molar-refractivity contribution in [2.24, 2.45) is 10.9 Å². The van der Waals surface area contributed by atoms with Gasteiger partial charge in [0.05, 0.1) is 59.1 Å². The number of nitrogens with zero attached hydrogens (tertiary/aromatic N) is 2. The molecule has 3 rings (SSSR count).